The number of carbonyl (C=O) groups is 1. The summed E-state index contributed by atoms with van der Waals surface area (Å²) >= 11 is 0. The maximum atomic E-state index is 11.9. The van der Waals surface area contributed by atoms with Gasteiger partial charge in [-0.2, -0.15) is 0 Å². The summed E-state index contributed by atoms with van der Waals surface area (Å²) in [5, 5.41) is -0.682. The van der Waals surface area contributed by atoms with Gasteiger partial charge >= 0.3 is 19.5 Å². The monoisotopic (exact) mass is 296 g/mol. The van der Waals surface area contributed by atoms with Crippen molar-refractivity contribution in [2.45, 2.75) is 40.6 Å². The van der Waals surface area contributed by atoms with E-state index in [1.165, 1.54) is 20.8 Å². The molecule has 0 fully saturated rings. The zero-order chi connectivity index (χ0) is 15.3. The molecule has 0 rings (SSSR count). The van der Waals surface area contributed by atoms with Crippen LogP contribution < -0.4 is 0 Å². The fourth-order valence-electron chi connectivity index (χ4n) is 1.46. The number of allylic oxidation sites excluding steroid dienone is 1. The lowest BCUT2D eigenvalue weighted by molar-refractivity contribution is -0.347. The third-order valence-electron chi connectivity index (χ3n) is 2.05. The first-order valence-corrected chi connectivity index (χ1v) is 7.43. The summed E-state index contributed by atoms with van der Waals surface area (Å²) in [7, 11) is -4.72. The molecule has 0 heterocycles. The van der Waals surface area contributed by atoms with E-state index < -0.39 is 24.9 Å². The van der Waals surface area contributed by atoms with Crippen LogP contribution in [-0.4, -0.2) is 34.9 Å². The summed E-state index contributed by atoms with van der Waals surface area (Å²) < 4.78 is 26.5. The number of hydrogen-bond acceptors (Lipinski definition) is 5. The molecule has 8 heteroatoms. The number of rotatable bonds is 7. The number of esters is 1. The average Bonchev–Trinajstić information content (AvgIpc) is 2.13. The highest BCUT2D eigenvalue weighted by atomic mass is 31.2. The van der Waals surface area contributed by atoms with Gasteiger partial charge < -0.3 is 24.0 Å². The van der Waals surface area contributed by atoms with E-state index in [-0.39, 0.29) is 18.8 Å². The van der Waals surface area contributed by atoms with Crippen LogP contribution in [0.4, 0.5) is 0 Å². The molecule has 0 aromatic heterocycles. The van der Waals surface area contributed by atoms with Gasteiger partial charge in [0.2, 0.25) is 0 Å². The third kappa shape index (κ3) is 5.84. The van der Waals surface area contributed by atoms with Crippen molar-refractivity contribution in [1.82, 2.24) is 0 Å². The van der Waals surface area contributed by atoms with Crippen LogP contribution >= 0.6 is 7.60 Å². The van der Waals surface area contributed by atoms with E-state index in [0.29, 0.717) is 0 Å². The fraction of sp³-hybridized carbons (Fsp3) is 0.727. The molecule has 19 heavy (non-hydrogen) atoms. The number of carbonyl (C=O) groups excluding carboxylic acids is 1. The van der Waals surface area contributed by atoms with Gasteiger partial charge in [0, 0.05) is 6.92 Å². The van der Waals surface area contributed by atoms with Gasteiger partial charge in [0.05, 0.1) is 13.2 Å². The van der Waals surface area contributed by atoms with Crippen molar-refractivity contribution in [3.63, 3.8) is 0 Å². The number of hydrogen-bond donors (Lipinski definition) is 2. The van der Waals surface area contributed by atoms with Gasteiger partial charge in [-0.15, -0.1) is 0 Å². The van der Waals surface area contributed by atoms with Crippen LogP contribution in [0, 0.1) is 0 Å². The van der Waals surface area contributed by atoms with Crippen molar-refractivity contribution in [2.75, 3.05) is 13.2 Å². The van der Waals surface area contributed by atoms with Crippen LogP contribution in [0.5, 0.6) is 0 Å². The molecule has 0 saturated carbocycles. The predicted molar refractivity (Wildman–Crippen MR) is 68.2 cm³/mol. The Kier molecular flexibility index (Phi) is 6.89. The van der Waals surface area contributed by atoms with Crippen LogP contribution in [0.2, 0.25) is 0 Å². The molecule has 0 bridgehead atoms. The molecule has 0 radical (unpaired) electrons. The summed E-state index contributed by atoms with van der Waals surface area (Å²) in [6.45, 7) is 7.96. The summed E-state index contributed by atoms with van der Waals surface area (Å²) in [5.41, 5.74) is 0.175. The highest BCUT2D eigenvalue weighted by Gasteiger charge is 2.37. The lowest BCUT2D eigenvalue weighted by Gasteiger charge is -2.28. The fourth-order valence-corrected chi connectivity index (χ4v) is 2.32. The molecule has 112 valence electrons. The van der Waals surface area contributed by atoms with E-state index in [1.807, 2.05) is 0 Å². The molecular formula is C11H21O7P. The molecule has 0 spiro atoms. The molecule has 0 unspecified atom stereocenters. The van der Waals surface area contributed by atoms with Crippen molar-refractivity contribution in [3.05, 3.63) is 10.9 Å². The van der Waals surface area contributed by atoms with Crippen molar-refractivity contribution in [1.29, 1.82) is 0 Å². The first-order valence-electron chi connectivity index (χ1n) is 5.82. The minimum absolute atomic E-state index is 0.175. The average molecular weight is 296 g/mol. The van der Waals surface area contributed by atoms with Gasteiger partial charge in [0.25, 0.3) is 0 Å². The van der Waals surface area contributed by atoms with Gasteiger partial charge in [-0.05, 0) is 27.7 Å². The maximum absolute atomic E-state index is 11.9. The Morgan fingerprint density at radius 2 is 1.58 bits per heavy atom. The van der Waals surface area contributed by atoms with Crippen LogP contribution in [0.3, 0.4) is 0 Å². The maximum Gasteiger partial charge on any atom is 0.363 e. The molecule has 0 aromatic carbocycles. The normalized spacial score (nSPS) is 12.2. The van der Waals surface area contributed by atoms with Crippen LogP contribution in [-0.2, 0) is 23.6 Å². The summed E-state index contributed by atoms with van der Waals surface area (Å²) in [5.74, 6) is -2.83. The standard InChI is InChI=1S/C11H21O7P/c1-6-16-11(5,17-7-2)18-10(12)9(8(3)4)19(13,14)15/h6-7H2,1-5H3,(H2,13,14,15). The predicted octanol–water partition coefficient (Wildman–Crippen LogP) is 1.75. The second kappa shape index (κ2) is 7.17. The Morgan fingerprint density at radius 3 is 1.84 bits per heavy atom. The van der Waals surface area contributed by atoms with Gasteiger partial charge in [0.15, 0.2) is 0 Å². The van der Waals surface area contributed by atoms with Gasteiger partial charge in [-0.25, -0.2) is 4.79 Å². The minimum Gasteiger partial charge on any atom is -0.404 e. The summed E-state index contributed by atoms with van der Waals surface area (Å²) in [6, 6.07) is 0. The third-order valence-corrected chi connectivity index (χ3v) is 3.26. The van der Waals surface area contributed by atoms with Crippen molar-refractivity contribution in [3.8, 4) is 0 Å². The number of ether oxygens (including phenoxy) is 3. The van der Waals surface area contributed by atoms with Crippen LogP contribution in [0.15, 0.2) is 10.9 Å². The Bertz CT molecular complexity index is 386. The topological polar surface area (TPSA) is 102 Å². The Morgan fingerprint density at radius 1 is 1.16 bits per heavy atom. The molecule has 0 atom stereocenters. The molecule has 0 aliphatic heterocycles. The smallest absolute Gasteiger partial charge is 0.363 e. The zero-order valence-electron chi connectivity index (χ0n) is 11.8. The van der Waals surface area contributed by atoms with Crippen molar-refractivity contribution in [2.24, 2.45) is 0 Å². The Balaban J connectivity index is 5.21. The first-order chi connectivity index (χ1) is 8.57. The lowest BCUT2D eigenvalue weighted by atomic mass is 10.3. The van der Waals surface area contributed by atoms with Crippen LogP contribution in [0.25, 0.3) is 0 Å². The quantitative estimate of drug-likeness (QED) is 0.319. The van der Waals surface area contributed by atoms with Crippen molar-refractivity contribution >= 4 is 13.6 Å². The Hall–Kier alpha value is -0.720. The van der Waals surface area contributed by atoms with E-state index in [0.717, 1.165) is 0 Å². The SMILES string of the molecule is CCOC(C)(OCC)OC(=O)C(=C(C)C)P(=O)(O)O. The van der Waals surface area contributed by atoms with Gasteiger partial charge in [0.1, 0.15) is 5.31 Å². The van der Waals surface area contributed by atoms with E-state index in [2.05, 4.69) is 0 Å². The second-order valence-electron chi connectivity index (χ2n) is 4.01. The lowest BCUT2D eigenvalue weighted by Crippen LogP contribution is -2.38. The second-order valence-corrected chi connectivity index (χ2v) is 5.55. The molecular weight excluding hydrogens is 275 g/mol. The summed E-state index contributed by atoms with van der Waals surface area (Å²) in [6.07, 6.45) is 0. The zero-order valence-corrected chi connectivity index (χ0v) is 12.7. The summed E-state index contributed by atoms with van der Waals surface area (Å²) in [4.78, 5) is 30.2. The molecule has 0 saturated heterocycles. The Labute approximate surface area is 112 Å². The largest absolute Gasteiger partial charge is 0.404 e. The molecule has 0 aromatic rings. The van der Waals surface area contributed by atoms with Gasteiger partial charge in [-0.1, -0.05) is 5.57 Å². The molecule has 2 N–H and O–H groups in total. The van der Waals surface area contributed by atoms with Crippen LogP contribution in [0.1, 0.15) is 34.6 Å². The van der Waals surface area contributed by atoms with E-state index >= 15 is 0 Å². The van der Waals surface area contributed by atoms with Crippen molar-refractivity contribution < 1.29 is 33.4 Å². The van der Waals surface area contributed by atoms with E-state index in [4.69, 9.17) is 24.0 Å². The minimum atomic E-state index is -4.72. The van der Waals surface area contributed by atoms with E-state index in [1.54, 1.807) is 13.8 Å². The molecule has 0 aliphatic rings. The molecule has 0 aliphatic carbocycles. The highest BCUT2D eigenvalue weighted by molar-refractivity contribution is 7.58. The molecule has 0 amide bonds. The first kappa shape index (κ1) is 18.3. The van der Waals surface area contributed by atoms with Gasteiger partial charge in [-0.3, -0.25) is 4.57 Å². The highest BCUT2D eigenvalue weighted by Crippen LogP contribution is 2.47. The molecule has 7 nitrogen and oxygen atoms in total. The van der Waals surface area contributed by atoms with E-state index in [9.17, 15) is 9.36 Å².